The molecule has 0 amide bonds. The van der Waals surface area contributed by atoms with Crippen LogP contribution in [-0.4, -0.2) is 14.4 Å². The number of nitrogen functional groups attached to an aromatic ring is 1. The van der Waals surface area contributed by atoms with Crippen LogP contribution >= 0.6 is 0 Å². The van der Waals surface area contributed by atoms with Gasteiger partial charge in [0.1, 0.15) is 0 Å². The van der Waals surface area contributed by atoms with E-state index in [1.165, 1.54) is 6.07 Å². The molecule has 3 rings (SSSR count). The Labute approximate surface area is 96.5 Å². The topological polar surface area (TPSA) is 76.2 Å². The first kappa shape index (κ1) is 9.65. The van der Waals surface area contributed by atoms with Gasteiger partial charge >= 0.3 is 0 Å². The van der Waals surface area contributed by atoms with Gasteiger partial charge < -0.3 is 5.73 Å². The second-order valence-corrected chi connectivity index (χ2v) is 3.77. The van der Waals surface area contributed by atoms with Crippen LogP contribution in [0.4, 0.5) is 5.69 Å². The average Bonchev–Trinajstić information content (AvgIpc) is 2.75. The van der Waals surface area contributed by atoms with E-state index < -0.39 is 0 Å². The maximum atomic E-state index is 11.5. The zero-order chi connectivity index (χ0) is 11.8. The molecule has 1 aromatic carbocycles. The number of hydrogen-bond donors (Lipinski definition) is 2. The summed E-state index contributed by atoms with van der Waals surface area (Å²) >= 11 is 0. The standard InChI is InChI=1S/C12H10N4O/c13-9-3-1-2-8(6-9)10-7-11(17)15-12-14-4-5-16(10)12/h1-7H,13H2,(H,14,15,17). The van der Waals surface area contributed by atoms with Gasteiger partial charge in [0.05, 0.1) is 5.69 Å². The highest BCUT2D eigenvalue weighted by atomic mass is 16.1. The van der Waals surface area contributed by atoms with Gasteiger partial charge in [-0.1, -0.05) is 12.1 Å². The Kier molecular flexibility index (Phi) is 1.98. The first-order valence-electron chi connectivity index (χ1n) is 5.16. The molecule has 84 valence electrons. The summed E-state index contributed by atoms with van der Waals surface area (Å²) in [5, 5.41) is 0. The van der Waals surface area contributed by atoms with Crippen molar-refractivity contribution < 1.29 is 0 Å². The van der Waals surface area contributed by atoms with E-state index in [0.717, 1.165) is 11.3 Å². The molecule has 3 aromatic rings. The summed E-state index contributed by atoms with van der Waals surface area (Å²) in [6, 6.07) is 8.93. The van der Waals surface area contributed by atoms with Crippen LogP contribution in [0.1, 0.15) is 0 Å². The molecule has 0 atom stereocenters. The number of nitrogens with zero attached hydrogens (tertiary/aromatic N) is 2. The summed E-state index contributed by atoms with van der Waals surface area (Å²) in [5.74, 6) is 0.523. The maximum Gasteiger partial charge on any atom is 0.252 e. The predicted molar refractivity (Wildman–Crippen MR) is 65.7 cm³/mol. The lowest BCUT2D eigenvalue weighted by molar-refractivity contribution is 1.09. The molecule has 0 aliphatic carbocycles. The van der Waals surface area contributed by atoms with E-state index in [9.17, 15) is 4.79 Å². The normalized spacial score (nSPS) is 10.8. The third kappa shape index (κ3) is 1.57. The fourth-order valence-corrected chi connectivity index (χ4v) is 1.85. The van der Waals surface area contributed by atoms with Crippen molar-refractivity contribution in [1.82, 2.24) is 14.4 Å². The molecule has 2 heterocycles. The molecule has 5 nitrogen and oxygen atoms in total. The number of fused-ring (bicyclic) bond motifs is 1. The first-order chi connectivity index (χ1) is 8.24. The second-order valence-electron chi connectivity index (χ2n) is 3.77. The van der Waals surface area contributed by atoms with Crippen molar-refractivity contribution in [3.63, 3.8) is 0 Å². The zero-order valence-corrected chi connectivity index (χ0v) is 8.92. The van der Waals surface area contributed by atoms with Gasteiger partial charge in [0.15, 0.2) is 0 Å². The number of hydrogen-bond acceptors (Lipinski definition) is 3. The van der Waals surface area contributed by atoms with E-state index in [-0.39, 0.29) is 5.56 Å². The summed E-state index contributed by atoms with van der Waals surface area (Å²) < 4.78 is 1.82. The summed E-state index contributed by atoms with van der Waals surface area (Å²) in [4.78, 5) is 18.2. The minimum absolute atomic E-state index is 0.180. The average molecular weight is 226 g/mol. The van der Waals surface area contributed by atoms with Crippen molar-refractivity contribution in [2.45, 2.75) is 0 Å². The summed E-state index contributed by atoms with van der Waals surface area (Å²) in [6.45, 7) is 0. The van der Waals surface area contributed by atoms with Crippen molar-refractivity contribution >= 4 is 11.5 Å². The van der Waals surface area contributed by atoms with E-state index >= 15 is 0 Å². The highest BCUT2D eigenvalue weighted by molar-refractivity contribution is 5.65. The van der Waals surface area contributed by atoms with Crippen LogP contribution in [0.5, 0.6) is 0 Å². The lowest BCUT2D eigenvalue weighted by atomic mass is 10.1. The Morgan fingerprint density at radius 3 is 3.00 bits per heavy atom. The van der Waals surface area contributed by atoms with Gasteiger partial charge in [0.2, 0.25) is 5.78 Å². The van der Waals surface area contributed by atoms with Crippen molar-refractivity contribution in [3.8, 4) is 11.3 Å². The molecular formula is C12H10N4O. The molecule has 2 aromatic heterocycles. The van der Waals surface area contributed by atoms with Gasteiger partial charge in [-0.05, 0) is 12.1 Å². The van der Waals surface area contributed by atoms with Gasteiger partial charge in [0.25, 0.3) is 5.56 Å². The molecule has 0 fully saturated rings. The quantitative estimate of drug-likeness (QED) is 0.613. The van der Waals surface area contributed by atoms with Crippen LogP contribution in [0.25, 0.3) is 17.0 Å². The minimum atomic E-state index is -0.180. The number of aromatic nitrogens is 3. The Balaban J connectivity index is 2.36. The van der Waals surface area contributed by atoms with E-state index in [4.69, 9.17) is 5.73 Å². The molecule has 0 unspecified atom stereocenters. The Hall–Kier alpha value is -2.56. The van der Waals surface area contributed by atoms with Crippen LogP contribution in [0, 0.1) is 0 Å². The second kappa shape index (κ2) is 3.48. The van der Waals surface area contributed by atoms with Gasteiger partial charge in [-0.25, -0.2) is 4.98 Å². The lowest BCUT2D eigenvalue weighted by Gasteiger charge is -2.05. The van der Waals surface area contributed by atoms with E-state index in [1.807, 2.05) is 28.7 Å². The van der Waals surface area contributed by atoms with Crippen LogP contribution in [0.2, 0.25) is 0 Å². The molecule has 0 saturated carbocycles. The van der Waals surface area contributed by atoms with Crippen LogP contribution in [-0.2, 0) is 0 Å². The van der Waals surface area contributed by atoms with Crippen molar-refractivity contribution in [3.05, 3.63) is 53.1 Å². The van der Waals surface area contributed by atoms with Gasteiger partial charge in [-0.3, -0.25) is 14.2 Å². The van der Waals surface area contributed by atoms with Crippen LogP contribution < -0.4 is 11.3 Å². The van der Waals surface area contributed by atoms with Gasteiger partial charge in [-0.2, -0.15) is 0 Å². The van der Waals surface area contributed by atoms with Crippen molar-refractivity contribution in [2.75, 3.05) is 5.73 Å². The SMILES string of the molecule is Nc1cccc(-c2cc(=O)[nH]c3nccn23)c1. The fourth-order valence-electron chi connectivity index (χ4n) is 1.85. The monoisotopic (exact) mass is 226 g/mol. The number of nitrogens with one attached hydrogen (secondary N) is 1. The number of anilines is 1. The van der Waals surface area contributed by atoms with Crippen LogP contribution in [0.3, 0.4) is 0 Å². The third-order valence-corrected chi connectivity index (χ3v) is 2.59. The smallest absolute Gasteiger partial charge is 0.252 e. The third-order valence-electron chi connectivity index (χ3n) is 2.59. The number of rotatable bonds is 1. The minimum Gasteiger partial charge on any atom is -0.399 e. The highest BCUT2D eigenvalue weighted by Crippen LogP contribution is 2.20. The number of H-pyrrole nitrogens is 1. The Morgan fingerprint density at radius 1 is 1.29 bits per heavy atom. The van der Waals surface area contributed by atoms with E-state index in [1.54, 1.807) is 12.4 Å². The molecule has 5 heteroatoms. The molecular weight excluding hydrogens is 216 g/mol. The van der Waals surface area contributed by atoms with Crippen molar-refractivity contribution in [2.24, 2.45) is 0 Å². The molecule has 0 saturated heterocycles. The molecule has 0 aliphatic heterocycles. The summed E-state index contributed by atoms with van der Waals surface area (Å²) in [5.41, 5.74) is 7.89. The summed E-state index contributed by atoms with van der Waals surface area (Å²) in [7, 11) is 0. The number of benzene rings is 1. The molecule has 0 aliphatic rings. The van der Waals surface area contributed by atoms with Crippen molar-refractivity contribution in [1.29, 1.82) is 0 Å². The fraction of sp³-hybridized carbons (Fsp3) is 0. The molecule has 0 bridgehead atoms. The van der Waals surface area contributed by atoms with Crippen LogP contribution in [0.15, 0.2) is 47.5 Å². The first-order valence-corrected chi connectivity index (χ1v) is 5.16. The zero-order valence-electron chi connectivity index (χ0n) is 8.92. The Bertz CT molecular complexity index is 741. The lowest BCUT2D eigenvalue weighted by Crippen LogP contribution is -2.08. The van der Waals surface area contributed by atoms with Gasteiger partial charge in [0, 0.05) is 29.7 Å². The Morgan fingerprint density at radius 2 is 2.18 bits per heavy atom. The highest BCUT2D eigenvalue weighted by Gasteiger charge is 2.05. The number of nitrogens with two attached hydrogens (primary N) is 1. The van der Waals surface area contributed by atoms with E-state index in [2.05, 4.69) is 9.97 Å². The van der Waals surface area contributed by atoms with E-state index in [0.29, 0.717) is 11.5 Å². The maximum absolute atomic E-state index is 11.5. The largest absolute Gasteiger partial charge is 0.399 e. The number of imidazole rings is 1. The predicted octanol–water partition coefficient (Wildman–Crippen LogP) is 1.27. The summed E-state index contributed by atoms with van der Waals surface area (Å²) in [6.07, 6.45) is 3.44. The number of aromatic amines is 1. The molecule has 0 radical (unpaired) electrons. The molecule has 0 spiro atoms. The van der Waals surface area contributed by atoms with Gasteiger partial charge in [-0.15, -0.1) is 0 Å². The molecule has 3 N–H and O–H groups in total. The molecule has 17 heavy (non-hydrogen) atoms.